The smallest absolute Gasteiger partial charge is 0.363 e. The molecule has 2 aromatic carbocycles. The number of esters is 1. The van der Waals surface area contributed by atoms with Gasteiger partial charge in [0.05, 0.1) is 0 Å². The predicted octanol–water partition coefficient (Wildman–Crippen LogP) is 4.88. The largest absolute Gasteiger partial charge is 0.402 e. The highest BCUT2D eigenvalue weighted by atomic mass is 16.6. The first-order valence-corrected chi connectivity index (χ1v) is 8.29. The molecule has 0 N–H and O–H groups in total. The van der Waals surface area contributed by atoms with Crippen molar-refractivity contribution in [2.75, 3.05) is 0 Å². The van der Waals surface area contributed by atoms with Gasteiger partial charge in [-0.15, -0.1) is 0 Å². The molecule has 0 bridgehead atoms. The summed E-state index contributed by atoms with van der Waals surface area (Å²) in [6.45, 7) is 6.49. The molecule has 1 heterocycles. The molecule has 0 unspecified atom stereocenters. The van der Waals surface area contributed by atoms with Crippen LogP contribution in [-0.4, -0.2) is 11.9 Å². The van der Waals surface area contributed by atoms with Crippen molar-refractivity contribution in [3.63, 3.8) is 0 Å². The van der Waals surface area contributed by atoms with Crippen molar-refractivity contribution in [2.24, 2.45) is 4.99 Å². The molecular weight excluding hydrogens is 310 g/mol. The number of benzene rings is 2. The van der Waals surface area contributed by atoms with Crippen LogP contribution in [0, 0.1) is 0 Å². The number of ether oxygens (including phenoxy) is 1. The molecule has 0 atom stereocenters. The summed E-state index contributed by atoms with van der Waals surface area (Å²) in [7, 11) is 0. The van der Waals surface area contributed by atoms with Crippen LogP contribution in [0.4, 0.5) is 0 Å². The summed E-state index contributed by atoms with van der Waals surface area (Å²) < 4.78 is 5.30. The van der Waals surface area contributed by atoms with Gasteiger partial charge in [0.1, 0.15) is 0 Å². The lowest BCUT2D eigenvalue weighted by Crippen LogP contribution is -2.11. The standard InChI is InChI=1S/C22H21NO2/c1-22(2,3)18-14-12-17(13-15-18)20-23-19(21(24)25-20)11-7-10-16-8-5-4-6-9-16/h4-15H,1-3H3/b10-7-,19-11-. The molecule has 1 aliphatic heterocycles. The minimum atomic E-state index is -0.424. The zero-order valence-electron chi connectivity index (χ0n) is 14.7. The first-order chi connectivity index (χ1) is 11.9. The fraction of sp³-hybridized carbons (Fsp3) is 0.182. The van der Waals surface area contributed by atoms with Crippen LogP contribution in [0.1, 0.15) is 37.5 Å². The van der Waals surface area contributed by atoms with E-state index in [1.807, 2.05) is 60.7 Å². The summed E-state index contributed by atoms with van der Waals surface area (Å²) in [6, 6.07) is 17.9. The molecule has 0 spiro atoms. The van der Waals surface area contributed by atoms with Gasteiger partial charge >= 0.3 is 5.97 Å². The van der Waals surface area contributed by atoms with Crippen molar-refractivity contribution < 1.29 is 9.53 Å². The van der Waals surface area contributed by atoms with E-state index in [-0.39, 0.29) is 5.41 Å². The van der Waals surface area contributed by atoms with E-state index < -0.39 is 5.97 Å². The Labute approximate surface area is 148 Å². The number of hydrogen-bond acceptors (Lipinski definition) is 3. The minimum Gasteiger partial charge on any atom is -0.402 e. The number of rotatable bonds is 3. The molecule has 3 heteroatoms. The topological polar surface area (TPSA) is 38.7 Å². The van der Waals surface area contributed by atoms with Crippen molar-refractivity contribution in [3.05, 3.63) is 89.1 Å². The molecule has 0 aromatic heterocycles. The van der Waals surface area contributed by atoms with E-state index in [9.17, 15) is 4.79 Å². The fourth-order valence-electron chi connectivity index (χ4n) is 2.47. The van der Waals surface area contributed by atoms with Gasteiger partial charge < -0.3 is 4.74 Å². The van der Waals surface area contributed by atoms with E-state index >= 15 is 0 Å². The van der Waals surface area contributed by atoms with E-state index in [0.29, 0.717) is 11.6 Å². The maximum absolute atomic E-state index is 12.0. The number of allylic oxidation sites excluding steroid dienone is 2. The van der Waals surface area contributed by atoms with Crippen molar-refractivity contribution in [1.29, 1.82) is 0 Å². The van der Waals surface area contributed by atoms with E-state index in [4.69, 9.17) is 4.74 Å². The van der Waals surface area contributed by atoms with Crippen LogP contribution < -0.4 is 0 Å². The van der Waals surface area contributed by atoms with Crippen LogP contribution in [0.15, 0.2) is 77.4 Å². The van der Waals surface area contributed by atoms with Gasteiger partial charge in [-0.1, -0.05) is 75.4 Å². The number of carbonyl (C=O) groups excluding carboxylic acids is 1. The zero-order chi connectivity index (χ0) is 17.9. The highest BCUT2D eigenvalue weighted by Gasteiger charge is 2.24. The number of nitrogens with zero attached hydrogens (tertiary/aromatic N) is 1. The molecule has 0 saturated carbocycles. The molecule has 2 aromatic rings. The predicted molar refractivity (Wildman–Crippen MR) is 101 cm³/mol. The molecule has 0 amide bonds. The van der Waals surface area contributed by atoms with E-state index in [0.717, 1.165) is 11.1 Å². The van der Waals surface area contributed by atoms with Gasteiger partial charge in [-0.2, -0.15) is 0 Å². The number of carbonyl (C=O) groups is 1. The van der Waals surface area contributed by atoms with E-state index in [2.05, 4.69) is 25.8 Å². The second-order valence-electron chi connectivity index (χ2n) is 6.96. The summed E-state index contributed by atoms with van der Waals surface area (Å²) in [5.74, 6) is -0.0718. The first-order valence-electron chi connectivity index (χ1n) is 8.29. The number of aliphatic imine (C=N–C) groups is 1. The molecule has 0 saturated heterocycles. The Morgan fingerprint density at radius 3 is 2.28 bits per heavy atom. The summed E-state index contributed by atoms with van der Waals surface area (Å²) in [5, 5.41) is 0. The summed E-state index contributed by atoms with van der Waals surface area (Å²) in [6.07, 6.45) is 5.40. The highest BCUT2D eigenvalue weighted by molar-refractivity contribution is 6.11. The monoisotopic (exact) mass is 331 g/mol. The van der Waals surface area contributed by atoms with Crippen LogP contribution >= 0.6 is 0 Å². The van der Waals surface area contributed by atoms with Crippen molar-refractivity contribution >= 4 is 17.9 Å². The Kier molecular flexibility index (Phi) is 4.66. The second-order valence-corrected chi connectivity index (χ2v) is 6.96. The van der Waals surface area contributed by atoms with Crippen LogP contribution in [0.3, 0.4) is 0 Å². The lowest BCUT2D eigenvalue weighted by molar-refractivity contribution is -0.130. The third-order valence-electron chi connectivity index (χ3n) is 3.96. The quantitative estimate of drug-likeness (QED) is 0.593. The van der Waals surface area contributed by atoms with Crippen LogP contribution in [0.25, 0.3) is 6.08 Å². The van der Waals surface area contributed by atoms with Gasteiger partial charge in [0.25, 0.3) is 0 Å². The van der Waals surface area contributed by atoms with Gasteiger partial charge in [0.15, 0.2) is 5.70 Å². The van der Waals surface area contributed by atoms with Gasteiger partial charge in [-0.05, 0) is 34.8 Å². The summed E-state index contributed by atoms with van der Waals surface area (Å²) in [4.78, 5) is 16.3. The summed E-state index contributed by atoms with van der Waals surface area (Å²) in [5.41, 5.74) is 3.48. The van der Waals surface area contributed by atoms with Crippen LogP contribution in [-0.2, 0) is 14.9 Å². The van der Waals surface area contributed by atoms with Crippen molar-refractivity contribution in [1.82, 2.24) is 0 Å². The molecule has 126 valence electrons. The molecule has 3 nitrogen and oxygen atoms in total. The highest BCUT2D eigenvalue weighted by Crippen LogP contribution is 2.24. The molecule has 1 aliphatic rings. The van der Waals surface area contributed by atoms with E-state index in [1.165, 1.54) is 5.56 Å². The van der Waals surface area contributed by atoms with Gasteiger partial charge in [0.2, 0.25) is 5.90 Å². The Morgan fingerprint density at radius 2 is 1.64 bits per heavy atom. The maximum Gasteiger partial charge on any atom is 0.363 e. The third-order valence-corrected chi connectivity index (χ3v) is 3.96. The molecular formula is C22H21NO2. The first kappa shape index (κ1) is 16.9. The maximum atomic E-state index is 12.0. The van der Waals surface area contributed by atoms with Gasteiger partial charge in [-0.25, -0.2) is 9.79 Å². The van der Waals surface area contributed by atoms with Gasteiger partial charge in [-0.3, -0.25) is 0 Å². The zero-order valence-corrected chi connectivity index (χ0v) is 14.7. The second kappa shape index (κ2) is 6.89. The van der Waals surface area contributed by atoms with Crippen molar-refractivity contribution in [2.45, 2.75) is 26.2 Å². The molecule has 3 rings (SSSR count). The van der Waals surface area contributed by atoms with E-state index in [1.54, 1.807) is 12.2 Å². The minimum absolute atomic E-state index is 0.0833. The number of cyclic esters (lactones) is 1. The SMILES string of the molecule is CC(C)(C)c1ccc(C2=N/C(=C\C=C/c3ccccc3)C(=O)O2)cc1. The van der Waals surface area contributed by atoms with Gasteiger partial charge in [0, 0.05) is 5.56 Å². The van der Waals surface area contributed by atoms with Crippen LogP contribution in [0.2, 0.25) is 0 Å². The van der Waals surface area contributed by atoms with Crippen molar-refractivity contribution in [3.8, 4) is 0 Å². The average Bonchev–Trinajstić information content (AvgIpc) is 2.96. The Balaban J connectivity index is 1.78. The van der Waals surface area contributed by atoms with Crippen LogP contribution in [0.5, 0.6) is 0 Å². The number of hydrogen-bond donors (Lipinski definition) is 0. The lowest BCUT2D eigenvalue weighted by Gasteiger charge is -2.18. The average molecular weight is 331 g/mol. The fourth-order valence-corrected chi connectivity index (χ4v) is 2.47. The Hall–Kier alpha value is -2.94. The molecule has 0 fully saturated rings. The Bertz CT molecular complexity index is 851. The molecule has 0 aliphatic carbocycles. The summed E-state index contributed by atoms with van der Waals surface area (Å²) >= 11 is 0. The third kappa shape index (κ3) is 4.13. The lowest BCUT2D eigenvalue weighted by atomic mass is 9.87. The molecule has 0 radical (unpaired) electrons. The normalized spacial score (nSPS) is 16.4. The molecule has 25 heavy (non-hydrogen) atoms. The Morgan fingerprint density at radius 1 is 0.960 bits per heavy atom.